The Morgan fingerprint density at radius 3 is 0.385 bits per heavy atom. The van der Waals surface area contributed by atoms with E-state index in [1.807, 2.05) is 0 Å². The van der Waals surface area contributed by atoms with Crippen LogP contribution in [-0.2, 0) is 19.2 Å². The minimum atomic E-state index is -0.657. The second-order valence-corrected chi connectivity index (χ2v) is 18.7. The maximum atomic E-state index is 10.3. The van der Waals surface area contributed by atoms with E-state index in [9.17, 15) is 19.2 Å². The molecule has 0 saturated carbocycles. The molecule has 392 valence electrons. The highest BCUT2D eigenvalue weighted by Crippen LogP contribution is 2.15. The van der Waals surface area contributed by atoms with Crippen LogP contribution in [0.15, 0.2) is 0 Å². The number of hydrogen-bond acceptors (Lipinski definition) is 4. The number of rotatable bonds is 48. The van der Waals surface area contributed by atoms with Gasteiger partial charge in [-0.05, 0) is 36.6 Å². The summed E-state index contributed by atoms with van der Waals surface area (Å²) in [5.74, 6) is -2.63. The lowest BCUT2D eigenvalue weighted by molar-refractivity contribution is -0.138. The van der Waals surface area contributed by atoms with Crippen molar-refractivity contribution in [2.24, 2.45) is 0 Å². The molecular formula is C56H116O8Si. The Bertz CT molecular complexity index is 771. The van der Waals surface area contributed by atoms with Gasteiger partial charge in [-0.25, -0.2) is 0 Å². The van der Waals surface area contributed by atoms with Gasteiger partial charge in [-0.15, -0.1) is 0 Å². The van der Waals surface area contributed by atoms with E-state index < -0.39 is 23.9 Å². The maximum absolute atomic E-state index is 10.3. The van der Waals surface area contributed by atoms with Gasteiger partial charge in [0.1, 0.15) is 0 Å². The van der Waals surface area contributed by atoms with E-state index in [-0.39, 0.29) is 11.0 Å². The van der Waals surface area contributed by atoms with Gasteiger partial charge in [-0.3, -0.25) is 19.2 Å². The van der Waals surface area contributed by atoms with Crippen LogP contribution in [0.5, 0.6) is 0 Å². The van der Waals surface area contributed by atoms with Crippen molar-refractivity contribution < 1.29 is 39.6 Å². The summed E-state index contributed by atoms with van der Waals surface area (Å²) in [5, 5.41) is 33.8. The largest absolute Gasteiger partial charge is 0.481 e. The zero-order valence-corrected chi connectivity index (χ0v) is 43.4. The van der Waals surface area contributed by atoms with Crippen molar-refractivity contribution in [3.63, 3.8) is 0 Å². The fourth-order valence-corrected chi connectivity index (χ4v) is 7.76. The van der Waals surface area contributed by atoms with E-state index in [0.717, 1.165) is 51.4 Å². The Hall–Kier alpha value is -1.90. The molecule has 0 aromatic carbocycles. The van der Waals surface area contributed by atoms with Crippen LogP contribution in [0.2, 0.25) is 0 Å². The van der Waals surface area contributed by atoms with Crippen LogP contribution in [0.3, 0.4) is 0 Å². The fraction of sp³-hybridized carbons (Fsp3) is 0.929. The predicted molar refractivity (Wildman–Crippen MR) is 286 cm³/mol. The van der Waals surface area contributed by atoms with E-state index in [1.54, 1.807) is 0 Å². The van der Waals surface area contributed by atoms with Crippen molar-refractivity contribution in [2.45, 2.75) is 336 Å². The highest BCUT2D eigenvalue weighted by atomic mass is 28.1. The summed E-state index contributed by atoms with van der Waals surface area (Å²) in [6, 6.07) is 0. The molecule has 0 saturated heterocycles. The van der Waals surface area contributed by atoms with Crippen molar-refractivity contribution >= 4 is 34.8 Å². The molecule has 0 bridgehead atoms. The Morgan fingerprint density at radius 1 is 0.200 bits per heavy atom. The molecule has 0 unspecified atom stereocenters. The maximum Gasteiger partial charge on any atom is 0.303 e. The van der Waals surface area contributed by atoms with Crippen LogP contribution < -0.4 is 0 Å². The lowest BCUT2D eigenvalue weighted by Gasteiger charge is -2.01. The van der Waals surface area contributed by atoms with Crippen LogP contribution in [0.4, 0.5) is 0 Å². The minimum absolute atomic E-state index is 0. The number of aliphatic carboxylic acids is 4. The highest BCUT2D eigenvalue weighted by molar-refractivity contribution is 5.75. The molecule has 0 amide bonds. The van der Waals surface area contributed by atoms with E-state index >= 15 is 0 Å². The van der Waals surface area contributed by atoms with Crippen molar-refractivity contribution in [1.82, 2.24) is 0 Å². The third-order valence-electron chi connectivity index (χ3n) is 12.0. The summed E-state index contributed by atoms with van der Waals surface area (Å²) in [4.78, 5) is 41.0. The molecule has 0 radical (unpaired) electrons. The number of unbranched alkanes of at least 4 members (excludes halogenated alkanes) is 40. The van der Waals surface area contributed by atoms with E-state index in [0.29, 0.717) is 25.7 Å². The van der Waals surface area contributed by atoms with Crippen LogP contribution in [-0.4, -0.2) is 55.3 Å². The first-order valence-corrected chi connectivity index (χ1v) is 28.0. The second-order valence-electron chi connectivity index (χ2n) is 18.7. The van der Waals surface area contributed by atoms with E-state index in [1.165, 1.54) is 231 Å². The van der Waals surface area contributed by atoms with Gasteiger partial charge in [0, 0.05) is 25.7 Å². The van der Waals surface area contributed by atoms with E-state index in [2.05, 4.69) is 27.7 Å². The molecular weight excluding hydrogens is 829 g/mol. The number of hydrogen-bond donors (Lipinski definition) is 4. The van der Waals surface area contributed by atoms with E-state index in [4.69, 9.17) is 20.4 Å². The molecule has 0 aromatic heterocycles. The molecule has 0 rings (SSSR count). The Kier molecular flexibility index (Phi) is 76.2. The van der Waals surface area contributed by atoms with Crippen LogP contribution in [0, 0.1) is 0 Å². The van der Waals surface area contributed by atoms with Gasteiger partial charge in [0.05, 0.1) is 0 Å². The lowest BCUT2D eigenvalue weighted by Crippen LogP contribution is -1.93. The van der Waals surface area contributed by atoms with Crippen molar-refractivity contribution in [3.8, 4) is 0 Å². The summed E-state index contributed by atoms with van der Waals surface area (Å²) in [7, 11) is 0. The first-order valence-electron chi connectivity index (χ1n) is 28.0. The SMILES string of the molecule is CCCCCCCCCCCCCC(=O)O.CCCCCCCCCCCCCC(=O)O.CCCCCCCCCCCCCC(=O)O.CCCCCCCCCCCCCC(=O)O.[SiH4]. The first-order chi connectivity index (χ1) is 31.1. The minimum Gasteiger partial charge on any atom is -0.481 e. The second kappa shape index (κ2) is 68.7. The molecule has 8 nitrogen and oxygen atoms in total. The van der Waals surface area contributed by atoms with Gasteiger partial charge in [0.25, 0.3) is 0 Å². The zero-order chi connectivity index (χ0) is 48.3. The summed E-state index contributed by atoms with van der Waals surface area (Å²) >= 11 is 0. The van der Waals surface area contributed by atoms with Crippen LogP contribution in [0.1, 0.15) is 336 Å². The predicted octanol–water partition coefficient (Wildman–Crippen LogP) is 17.6. The molecule has 0 aromatic rings. The molecule has 0 atom stereocenters. The molecule has 65 heavy (non-hydrogen) atoms. The van der Waals surface area contributed by atoms with Gasteiger partial charge in [-0.1, -0.05) is 285 Å². The molecule has 0 aliphatic rings. The third-order valence-corrected chi connectivity index (χ3v) is 12.0. The molecule has 0 fully saturated rings. The zero-order valence-electron chi connectivity index (χ0n) is 43.4. The average molecular weight is 946 g/mol. The van der Waals surface area contributed by atoms with Gasteiger partial charge >= 0.3 is 23.9 Å². The summed E-state index contributed by atoms with van der Waals surface area (Å²) in [6.45, 7) is 8.99. The Morgan fingerprint density at radius 2 is 0.292 bits per heavy atom. The van der Waals surface area contributed by atoms with Crippen molar-refractivity contribution in [3.05, 3.63) is 0 Å². The molecule has 0 aliphatic heterocycles. The number of carboxylic acids is 4. The lowest BCUT2D eigenvalue weighted by atomic mass is 10.1. The van der Waals surface area contributed by atoms with Gasteiger partial charge in [0.2, 0.25) is 0 Å². The summed E-state index contributed by atoms with van der Waals surface area (Å²) < 4.78 is 0. The first kappa shape index (κ1) is 72.1. The van der Waals surface area contributed by atoms with Gasteiger partial charge < -0.3 is 20.4 Å². The number of carboxylic acid groups (broad SMARTS) is 4. The van der Waals surface area contributed by atoms with Crippen molar-refractivity contribution in [2.75, 3.05) is 0 Å². The van der Waals surface area contributed by atoms with Crippen molar-refractivity contribution in [1.29, 1.82) is 0 Å². The Labute approximate surface area is 408 Å². The normalized spacial score (nSPS) is 10.4. The monoisotopic (exact) mass is 945 g/mol. The average Bonchev–Trinajstić information content (AvgIpc) is 3.26. The summed E-state index contributed by atoms with van der Waals surface area (Å²) in [6.07, 6.45) is 57.4. The smallest absolute Gasteiger partial charge is 0.303 e. The van der Waals surface area contributed by atoms with Gasteiger partial charge in [0.15, 0.2) is 0 Å². The molecule has 0 aliphatic carbocycles. The molecule has 9 heteroatoms. The molecule has 0 spiro atoms. The topological polar surface area (TPSA) is 149 Å². The molecule has 4 N–H and O–H groups in total. The van der Waals surface area contributed by atoms with Gasteiger partial charge in [-0.2, -0.15) is 0 Å². The quantitative estimate of drug-likeness (QED) is 0.0348. The van der Waals surface area contributed by atoms with Crippen LogP contribution in [0.25, 0.3) is 0 Å². The summed E-state index contributed by atoms with van der Waals surface area (Å²) in [5.41, 5.74) is 0. The standard InChI is InChI=1S/4C14H28O2.H4Si/c4*1-2-3-4-5-6-7-8-9-10-11-12-13-14(15)16;/h4*2-13H2,1H3,(H,15,16);1H4. The molecule has 0 heterocycles. The van der Waals surface area contributed by atoms with Crippen LogP contribution >= 0.6 is 0 Å². The highest BCUT2D eigenvalue weighted by Gasteiger charge is 2.00. The Balaban J connectivity index is -0.000000245. The number of carbonyl (C=O) groups is 4. The fourth-order valence-electron chi connectivity index (χ4n) is 7.76. The third kappa shape index (κ3) is 89.4.